The minimum absolute atomic E-state index is 0.0404. The van der Waals surface area contributed by atoms with Crippen LogP contribution in [-0.2, 0) is 26.2 Å². The number of aryl methyl sites for hydroxylation is 2. The van der Waals surface area contributed by atoms with Crippen LogP contribution in [0.25, 0.3) is 11.3 Å². The lowest BCUT2D eigenvalue weighted by molar-refractivity contribution is -0.151. The molecule has 0 amide bonds. The number of nitrogens with one attached hydrogen (secondary N) is 1. The molecule has 0 saturated carbocycles. The first-order valence-corrected chi connectivity index (χ1v) is 9.90. The maximum Gasteiger partial charge on any atom is 0.308 e. The Bertz CT molecular complexity index is 887. The fourth-order valence-corrected chi connectivity index (χ4v) is 2.94. The Morgan fingerprint density at radius 1 is 1.17 bits per heavy atom. The van der Waals surface area contributed by atoms with E-state index in [-0.39, 0.29) is 24.6 Å². The van der Waals surface area contributed by atoms with Crippen molar-refractivity contribution in [3.63, 3.8) is 0 Å². The first-order chi connectivity index (χ1) is 13.7. The molecule has 0 saturated heterocycles. The molecule has 0 atom stereocenters. The molecule has 2 aromatic rings. The monoisotopic (exact) mass is 397 g/mol. The molecule has 0 radical (unpaired) electrons. The highest BCUT2D eigenvalue weighted by Gasteiger charge is 2.19. The van der Waals surface area contributed by atoms with Gasteiger partial charge in [-0.05, 0) is 36.5 Å². The highest BCUT2D eigenvalue weighted by molar-refractivity contribution is 6.16. The van der Waals surface area contributed by atoms with Gasteiger partial charge in [0, 0.05) is 24.8 Å². The minimum Gasteiger partial charge on any atom is -0.454 e. The number of ether oxygens (including phenoxy) is 2. The molecule has 6 heteroatoms. The van der Waals surface area contributed by atoms with Gasteiger partial charge in [-0.15, -0.1) is 0 Å². The zero-order valence-electron chi connectivity index (χ0n) is 18.2. The quantitative estimate of drug-likeness (QED) is 0.296. The second-order valence-corrected chi connectivity index (χ2v) is 7.83. The number of aromatic nitrogens is 2. The summed E-state index contributed by atoms with van der Waals surface area (Å²) in [5.74, 6) is 0.130. The third-order valence-corrected chi connectivity index (χ3v) is 4.60. The van der Waals surface area contributed by atoms with E-state index in [4.69, 9.17) is 14.9 Å². The number of carbonyl (C=O) groups is 1. The van der Waals surface area contributed by atoms with Crippen LogP contribution in [-0.4, -0.2) is 28.8 Å². The number of hydrogen-bond donors (Lipinski definition) is 1. The van der Waals surface area contributed by atoms with E-state index < -0.39 is 0 Å². The van der Waals surface area contributed by atoms with Crippen molar-refractivity contribution >= 4 is 23.5 Å². The largest absolute Gasteiger partial charge is 0.454 e. The Labute approximate surface area is 173 Å². The number of allylic oxidation sites excluding steroid dienone is 1. The predicted octanol–water partition coefficient (Wildman–Crippen LogP) is 4.95. The summed E-state index contributed by atoms with van der Waals surface area (Å²) in [6.07, 6.45) is 1.55. The lowest BCUT2D eigenvalue weighted by Gasteiger charge is -2.20. The molecule has 1 aromatic carbocycles. The number of hydrogen-bond acceptors (Lipinski definition) is 5. The van der Waals surface area contributed by atoms with Crippen molar-refractivity contribution in [3.8, 4) is 0 Å². The molecule has 0 bridgehead atoms. The molecular weight excluding hydrogens is 366 g/mol. The molecule has 1 heterocycles. The van der Waals surface area contributed by atoms with E-state index in [1.54, 1.807) is 6.92 Å². The standard InChI is InChI=1S/C23H31N3O3/c1-7-21(27)28-15-29-22(20-13-16(3)25-26(20)8-2)19(14-24)17-9-11-18(12-10-17)23(4,5)6/h9-14,24H,7-8,15H2,1-6H3/b22-19-,24-14?. The van der Waals surface area contributed by atoms with E-state index in [0.29, 0.717) is 17.9 Å². The molecule has 0 fully saturated rings. The first kappa shape index (κ1) is 22.4. The zero-order chi connectivity index (χ0) is 21.6. The second-order valence-electron chi connectivity index (χ2n) is 7.83. The first-order valence-electron chi connectivity index (χ1n) is 9.90. The van der Waals surface area contributed by atoms with E-state index in [1.807, 2.05) is 36.7 Å². The summed E-state index contributed by atoms with van der Waals surface area (Å²) in [4.78, 5) is 11.5. The van der Waals surface area contributed by atoms with Crippen molar-refractivity contribution in [2.45, 2.75) is 59.9 Å². The van der Waals surface area contributed by atoms with Crippen LogP contribution in [0.2, 0.25) is 0 Å². The maximum absolute atomic E-state index is 11.5. The van der Waals surface area contributed by atoms with Gasteiger partial charge in [-0.2, -0.15) is 5.10 Å². The van der Waals surface area contributed by atoms with E-state index in [9.17, 15) is 4.79 Å². The molecule has 6 nitrogen and oxygen atoms in total. The number of rotatable bonds is 8. The lowest BCUT2D eigenvalue weighted by atomic mass is 9.86. The van der Waals surface area contributed by atoms with Crippen LogP contribution in [0, 0.1) is 12.3 Å². The Morgan fingerprint density at radius 3 is 2.34 bits per heavy atom. The third kappa shape index (κ3) is 5.56. The maximum atomic E-state index is 11.5. The minimum atomic E-state index is -0.338. The molecule has 2 rings (SSSR count). The van der Waals surface area contributed by atoms with Crippen LogP contribution >= 0.6 is 0 Å². The number of esters is 1. The molecule has 0 spiro atoms. The molecule has 0 aliphatic heterocycles. The van der Waals surface area contributed by atoms with Crippen molar-refractivity contribution in [1.82, 2.24) is 9.78 Å². The van der Waals surface area contributed by atoms with Gasteiger partial charge in [0.2, 0.25) is 6.79 Å². The van der Waals surface area contributed by atoms with Crippen LogP contribution in [0.1, 0.15) is 63.6 Å². The van der Waals surface area contributed by atoms with Crippen molar-refractivity contribution in [3.05, 3.63) is 52.8 Å². The Kier molecular flexibility index (Phi) is 7.37. The molecule has 29 heavy (non-hydrogen) atoms. The van der Waals surface area contributed by atoms with Crippen LogP contribution in [0.5, 0.6) is 0 Å². The van der Waals surface area contributed by atoms with Gasteiger partial charge in [-0.3, -0.25) is 9.48 Å². The lowest BCUT2D eigenvalue weighted by Crippen LogP contribution is -2.12. The fraction of sp³-hybridized carbons (Fsp3) is 0.435. The number of carbonyl (C=O) groups excluding carboxylic acids is 1. The summed E-state index contributed by atoms with van der Waals surface area (Å²) in [7, 11) is 0. The molecule has 0 unspecified atom stereocenters. The summed E-state index contributed by atoms with van der Waals surface area (Å²) in [6, 6.07) is 10.0. The van der Waals surface area contributed by atoms with Gasteiger partial charge in [-0.25, -0.2) is 0 Å². The Morgan fingerprint density at radius 2 is 1.83 bits per heavy atom. The van der Waals surface area contributed by atoms with Crippen molar-refractivity contribution < 1.29 is 14.3 Å². The number of nitrogens with zero attached hydrogens (tertiary/aromatic N) is 2. The topological polar surface area (TPSA) is 77.2 Å². The zero-order valence-corrected chi connectivity index (χ0v) is 18.2. The molecule has 0 aliphatic rings. The Balaban J connectivity index is 2.53. The molecule has 1 N–H and O–H groups in total. The number of benzene rings is 1. The normalized spacial score (nSPS) is 12.3. The van der Waals surface area contributed by atoms with Gasteiger partial charge < -0.3 is 14.9 Å². The van der Waals surface area contributed by atoms with Crippen molar-refractivity contribution in [1.29, 1.82) is 5.41 Å². The van der Waals surface area contributed by atoms with E-state index >= 15 is 0 Å². The van der Waals surface area contributed by atoms with Gasteiger partial charge in [0.05, 0.1) is 5.69 Å². The molecular formula is C23H31N3O3. The van der Waals surface area contributed by atoms with Crippen LogP contribution < -0.4 is 0 Å². The average Bonchev–Trinajstić information content (AvgIpc) is 3.07. The summed E-state index contributed by atoms with van der Waals surface area (Å²) in [6.45, 7) is 12.6. The SMILES string of the molecule is CCC(=O)OCO/C(=C(/C=N)c1ccc(C(C)(C)C)cc1)c1cc(C)nn1CC. The van der Waals surface area contributed by atoms with E-state index in [2.05, 4.69) is 38.0 Å². The van der Waals surface area contributed by atoms with E-state index in [1.165, 1.54) is 11.8 Å². The molecule has 1 aromatic heterocycles. The summed E-state index contributed by atoms with van der Waals surface area (Å²) < 4.78 is 12.8. The van der Waals surface area contributed by atoms with Gasteiger partial charge in [0.15, 0.2) is 5.76 Å². The highest BCUT2D eigenvalue weighted by atomic mass is 16.7. The van der Waals surface area contributed by atoms with Gasteiger partial charge >= 0.3 is 5.97 Å². The molecule has 0 aliphatic carbocycles. The van der Waals surface area contributed by atoms with Crippen molar-refractivity contribution in [2.24, 2.45) is 0 Å². The smallest absolute Gasteiger partial charge is 0.308 e. The summed E-state index contributed by atoms with van der Waals surface area (Å²) >= 11 is 0. The van der Waals surface area contributed by atoms with Crippen molar-refractivity contribution in [2.75, 3.05) is 6.79 Å². The van der Waals surface area contributed by atoms with Gasteiger partial charge in [0.1, 0.15) is 5.69 Å². The molecule has 156 valence electrons. The Hall–Kier alpha value is -2.89. The third-order valence-electron chi connectivity index (χ3n) is 4.60. The predicted molar refractivity (Wildman–Crippen MR) is 116 cm³/mol. The fourth-order valence-electron chi connectivity index (χ4n) is 2.94. The van der Waals surface area contributed by atoms with Gasteiger partial charge in [-0.1, -0.05) is 52.0 Å². The van der Waals surface area contributed by atoms with Crippen LogP contribution in [0.3, 0.4) is 0 Å². The summed E-state index contributed by atoms with van der Waals surface area (Å²) in [5, 5.41) is 12.5. The average molecular weight is 398 g/mol. The second kappa shape index (κ2) is 9.54. The van der Waals surface area contributed by atoms with Crippen LogP contribution in [0.15, 0.2) is 30.3 Å². The van der Waals surface area contributed by atoms with E-state index in [0.717, 1.165) is 17.0 Å². The van der Waals surface area contributed by atoms with Crippen LogP contribution in [0.4, 0.5) is 0 Å². The highest BCUT2D eigenvalue weighted by Crippen LogP contribution is 2.29. The summed E-state index contributed by atoms with van der Waals surface area (Å²) in [5.41, 5.74) is 4.30. The van der Waals surface area contributed by atoms with Gasteiger partial charge in [0.25, 0.3) is 0 Å².